The maximum atomic E-state index is 9.83. The van der Waals surface area contributed by atoms with Gasteiger partial charge in [0.05, 0.1) is 0 Å². The number of hydrogen-bond donors (Lipinski definition) is 1. The van der Waals surface area contributed by atoms with Crippen LogP contribution in [0.3, 0.4) is 0 Å². The van der Waals surface area contributed by atoms with Gasteiger partial charge in [-0.05, 0) is 73.7 Å². The molecule has 1 N–H and O–H groups in total. The summed E-state index contributed by atoms with van der Waals surface area (Å²) in [6, 6.07) is 0. The Kier molecular flexibility index (Phi) is 15.3. The molecule has 2 aliphatic carbocycles. The molecule has 0 aromatic heterocycles. The van der Waals surface area contributed by atoms with E-state index in [2.05, 4.69) is 68.4 Å². The Bertz CT molecular complexity index is 483. The maximum Gasteiger partial charge on any atom is 0.0487 e. The van der Waals surface area contributed by atoms with Crippen molar-refractivity contribution in [3.63, 3.8) is 0 Å². The zero-order chi connectivity index (χ0) is 23.4. The SMILES string of the molecule is CC.CC.CC(C)(C)C.CC1=C(/C=C(\C)C(C)C)CCC2C1CCCC2(C)CO. The van der Waals surface area contributed by atoms with E-state index in [1.165, 1.54) is 37.7 Å². The first-order valence-corrected chi connectivity index (χ1v) is 12.4. The van der Waals surface area contributed by atoms with Crippen LogP contribution in [0.1, 0.15) is 122 Å². The second-order valence-corrected chi connectivity index (χ2v) is 10.7. The van der Waals surface area contributed by atoms with Crippen molar-refractivity contribution in [2.45, 2.75) is 122 Å². The van der Waals surface area contributed by atoms with Crippen LogP contribution in [-0.2, 0) is 0 Å². The lowest BCUT2D eigenvalue weighted by atomic mass is 9.57. The van der Waals surface area contributed by atoms with Crippen molar-refractivity contribution >= 4 is 0 Å². The van der Waals surface area contributed by atoms with E-state index in [9.17, 15) is 5.11 Å². The summed E-state index contributed by atoms with van der Waals surface area (Å²) in [6.45, 7) is 28.6. The van der Waals surface area contributed by atoms with Crippen molar-refractivity contribution in [3.05, 3.63) is 22.8 Å². The molecule has 0 amide bonds. The molecule has 1 nitrogen and oxygen atoms in total. The molecule has 2 rings (SSSR count). The number of aliphatic hydroxyl groups excluding tert-OH is 1. The lowest BCUT2D eigenvalue weighted by molar-refractivity contribution is 0.00599. The third-order valence-electron chi connectivity index (χ3n) is 6.11. The van der Waals surface area contributed by atoms with Gasteiger partial charge >= 0.3 is 0 Å². The predicted octanol–water partition coefficient (Wildman–Crippen LogP) is 9.22. The number of fused-ring (bicyclic) bond motifs is 1. The van der Waals surface area contributed by atoms with Gasteiger partial charge in [-0.1, -0.05) is 99.8 Å². The van der Waals surface area contributed by atoms with Gasteiger partial charge in [-0.25, -0.2) is 0 Å². The minimum atomic E-state index is 0.159. The van der Waals surface area contributed by atoms with Gasteiger partial charge in [0, 0.05) is 6.61 Å². The third kappa shape index (κ3) is 10.9. The molecule has 3 atom stereocenters. The molecular weight excluding hydrogens is 352 g/mol. The Labute approximate surface area is 185 Å². The van der Waals surface area contributed by atoms with Gasteiger partial charge in [0.2, 0.25) is 0 Å². The Hall–Kier alpha value is -0.560. The molecule has 0 saturated heterocycles. The first kappa shape index (κ1) is 30.6. The van der Waals surface area contributed by atoms with Gasteiger partial charge < -0.3 is 5.11 Å². The molecule has 3 unspecified atom stereocenters. The first-order chi connectivity index (χ1) is 13.4. The third-order valence-corrected chi connectivity index (χ3v) is 6.11. The first-order valence-electron chi connectivity index (χ1n) is 12.4. The molecule has 0 bridgehead atoms. The fourth-order valence-corrected chi connectivity index (χ4v) is 4.24. The van der Waals surface area contributed by atoms with Crippen LogP contribution >= 0.6 is 0 Å². The monoisotopic (exact) mass is 408 g/mol. The smallest absolute Gasteiger partial charge is 0.0487 e. The summed E-state index contributed by atoms with van der Waals surface area (Å²) < 4.78 is 0. The van der Waals surface area contributed by atoms with Gasteiger partial charge in [0.25, 0.3) is 0 Å². The van der Waals surface area contributed by atoms with Crippen LogP contribution in [0.5, 0.6) is 0 Å². The molecule has 1 heteroatoms. The predicted molar refractivity (Wildman–Crippen MR) is 134 cm³/mol. The van der Waals surface area contributed by atoms with Crippen LogP contribution in [0.4, 0.5) is 0 Å². The summed E-state index contributed by atoms with van der Waals surface area (Å²) in [7, 11) is 0. The fourth-order valence-electron chi connectivity index (χ4n) is 4.24. The van der Waals surface area contributed by atoms with Gasteiger partial charge in [0.15, 0.2) is 0 Å². The van der Waals surface area contributed by atoms with E-state index in [-0.39, 0.29) is 5.41 Å². The largest absolute Gasteiger partial charge is 0.396 e. The van der Waals surface area contributed by atoms with Gasteiger partial charge in [-0.2, -0.15) is 0 Å². The topological polar surface area (TPSA) is 20.2 Å². The molecule has 1 fully saturated rings. The highest BCUT2D eigenvalue weighted by Crippen LogP contribution is 2.52. The second-order valence-electron chi connectivity index (χ2n) is 10.7. The molecule has 29 heavy (non-hydrogen) atoms. The van der Waals surface area contributed by atoms with Crippen LogP contribution < -0.4 is 0 Å². The Morgan fingerprint density at radius 2 is 1.59 bits per heavy atom. The maximum absolute atomic E-state index is 9.83. The van der Waals surface area contributed by atoms with Crippen LogP contribution in [0.15, 0.2) is 22.8 Å². The summed E-state index contributed by atoms with van der Waals surface area (Å²) in [6.07, 6.45) is 8.71. The zero-order valence-electron chi connectivity index (χ0n) is 22.5. The fraction of sp³-hybridized carbons (Fsp3) is 0.857. The molecule has 0 heterocycles. The molecular formula is C28H56O. The summed E-state index contributed by atoms with van der Waals surface area (Å²) in [5.41, 5.74) is 5.35. The van der Waals surface area contributed by atoms with E-state index in [0.717, 1.165) is 0 Å². The molecule has 2 aliphatic rings. The zero-order valence-corrected chi connectivity index (χ0v) is 22.5. The second kappa shape index (κ2) is 14.4. The Morgan fingerprint density at radius 3 is 2.00 bits per heavy atom. The van der Waals surface area contributed by atoms with E-state index >= 15 is 0 Å². The molecule has 0 aromatic rings. The molecule has 1 saturated carbocycles. The minimum Gasteiger partial charge on any atom is -0.396 e. The van der Waals surface area contributed by atoms with Gasteiger partial charge in [-0.15, -0.1) is 0 Å². The number of aliphatic hydroxyl groups is 1. The van der Waals surface area contributed by atoms with E-state index in [1.807, 2.05) is 27.7 Å². The van der Waals surface area contributed by atoms with Crippen molar-refractivity contribution in [3.8, 4) is 0 Å². The molecule has 0 radical (unpaired) electrons. The summed E-state index contributed by atoms with van der Waals surface area (Å²) in [5.74, 6) is 2.04. The summed E-state index contributed by atoms with van der Waals surface area (Å²) >= 11 is 0. The normalized spacial score (nSPS) is 26.9. The van der Waals surface area contributed by atoms with E-state index in [4.69, 9.17) is 0 Å². The van der Waals surface area contributed by atoms with Gasteiger partial charge in [0.1, 0.15) is 0 Å². The number of rotatable bonds is 3. The highest BCUT2D eigenvalue weighted by molar-refractivity contribution is 5.32. The number of allylic oxidation sites excluding steroid dienone is 4. The van der Waals surface area contributed by atoms with Crippen molar-refractivity contribution in [2.75, 3.05) is 6.61 Å². The van der Waals surface area contributed by atoms with Gasteiger partial charge in [-0.3, -0.25) is 0 Å². The molecule has 0 spiro atoms. The van der Waals surface area contributed by atoms with Crippen molar-refractivity contribution in [1.29, 1.82) is 0 Å². The molecule has 0 aliphatic heterocycles. The minimum absolute atomic E-state index is 0.159. The number of hydrogen-bond acceptors (Lipinski definition) is 1. The quantitative estimate of drug-likeness (QED) is 0.493. The highest BCUT2D eigenvalue weighted by Gasteiger charge is 2.43. The molecule has 0 aromatic carbocycles. The summed E-state index contributed by atoms with van der Waals surface area (Å²) in [5, 5.41) is 9.83. The standard InChI is InChI=1S/C19H32O.C5H12.2C2H6/c1-13(2)14(3)11-16-8-9-18-17(15(16)4)7-6-10-19(18,5)12-20;1-5(2,3)4;2*1-2/h11,13,17-18,20H,6-10,12H2,1-5H3;1-4H3;2*1-2H3/b14-11+;;;. The van der Waals surface area contributed by atoms with Crippen LogP contribution in [0.25, 0.3) is 0 Å². The average Bonchev–Trinajstić information content (AvgIpc) is 2.66. The lowest BCUT2D eigenvalue weighted by Crippen LogP contribution is -2.42. The van der Waals surface area contributed by atoms with E-state index in [0.29, 0.717) is 29.8 Å². The average molecular weight is 409 g/mol. The van der Waals surface area contributed by atoms with Crippen LogP contribution in [0.2, 0.25) is 0 Å². The summed E-state index contributed by atoms with van der Waals surface area (Å²) in [4.78, 5) is 0. The van der Waals surface area contributed by atoms with Crippen molar-refractivity contribution in [1.82, 2.24) is 0 Å². The lowest BCUT2D eigenvalue weighted by Gasteiger charge is -2.48. The Balaban J connectivity index is 0. The van der Waals surface area contributed by atoms with Crippen molar-refractivity contribution in [2.24, 2.45) is 28.6 Å². The Morgan fingerprint density at radius 1 is 1.10 bits per heavy atom. The van der Waals surface area contributed by atoms with Crippen LogP contribution in [-0.4, -0.2) is 11.7 Å². The van der Waals surface area contributed by atoms with Crippen molar-refractivity contribution < 1.29 is 5.11 Å². The highest BCUT2D eigenvalue weighted by atomic mass is 16.3. The van der Waals surface area contributed by atoms with E-state index < -0.39 is 0 Å². The van der Waals surface area contributed by atoms with E-state index in [1.54, 1.807) is 11.1 Å². The molecule has 174 valence electrons. The van der Waals surface area contributed by atoms with Crippen LogP contribution in [0, 0.1) is 28.6 Å².